The third-order valence-electron chi connectivity index (χ3n) is 4.17. The first kappa shape index (κ1) is 18.9. The number of hydrogen-bond donors (Lipinski definition) is 2. The first-order valence-corrected chi connectivity index (χ1v) is 8.59. The molecule has 1 rings (SSSR count). The highest BCUT2D eigenvalue weighted by atomic mass is 16.5. The van der Waals surface area contributed by atoms with Crippen molar-refractivity contribution in [3.05, 3.63) is 0 Å². The topological polar surface area (TPSA) is 44.7 Å². The van der Waals surface area contributed by atoms with Crippen molar-refractivity contribution < 1.29 is 9.84 Å². The Balaban J connectivity index is 2.21. The van der Waals surface area contributed by atoms with Gasteiger partial charge in [-0.25, -0.2) is 0 Å². The number of hydrogen-bond acceptors (Lipinski definition) is 4. The van der Waals surface area contributed by atoms with E-state index in [-0.39, 0.29) is 12.1 Å². The number of rotatable bonds is 13. The van der Waals surface area contributed by atoms with E-state index in [1.807, 2.05) is 0 Å². The van der Waals surface area contributed by atoms with Gasteiger partial charge in [0.25, 0.3) is 0 Å². The number of aliphatic hydroxyl groups excluding tert-OH is 1. The molecule has 4 heteroatoms. The van der Waals surface area contributed by atoms with E-state index in [4.69, 9.17) is 4.74 Å². The van der Waals surface area contributed by atoms with E-state index < -0.39 is 0 Å². The lowest BCUT2D eigenvalue weighted by Gasteiger charge is -2.30. The van der Waals surface area contributed by atoms with E-state index in [2.05, 4.69) is 31.0 Å². The summed E-state index contributed by atoms with van der Waals surface area (Å²) in [6, 6.07) is 0.654. The van der Waals surface area contributed by atoms with Gasteiger partial charge in [0.05, 0.1) is 13.2 Å². The highest BCUT2D eigenvalue weighted by molar-refractivity contribution is 4.92. The highest BCUT2D eigenvalue weighted by Gasteiger charge is 2.31. The zero-order valence-electron chi connectivity index (χ0n) is 14.5. The Bertz CT molecular complexity index is 270. The molecular weight excluding hydrogens is 264 g/mol. The molecule has 4 nitrogen and oxygen atoms in total. The summed E-state index contributed by atoms with van der Waals surface area (Å²) in [5.41, 5.74) is -0.0867. The minimum Gasteiger partial charge on any atom is -0.394 e. The Morgan fingerprint density at radius 2 is 2.00 bits per heavy atom. The molecule has 2 N–H and O–H groups in total. The fourth-order valence-electron chi connectivity index (χ4n) is 2.80. The lowest BCUT2D eigenvalue weighted by Crippen LogP contribution is -2.47. The average Bonchev–Trinajstić information content (AvgIpc) is 3.23. The fourth-order valence-corrected chi connectivity index (χ4v) is 2.80. The van der Waals surface area contributed by atoms with Crippen LogP contribution in [0.25, 0.3) is 0 Å². The summed E-state index contributed by atoms with van der Waals surface area (Å²) < 4.78 is 5.20. The van der Waals surface area contributed by atoms with Crippen LogP contribution in [-0.4, -0.2) is 61.5 Å². The molecule has 0 aliphatic heterocycles. The van der Waals surface area contributed by atoms with Crippen molar-refractivity contribution in [3.8, 4) is 0 Å². The number of aliphatic hydroxyl groups is 1. The molecule has 0 spiro atoms. The number of ether oxygens (including phenoxy) is 1. The monoisotopic (exact) mass is 300 g/mol. The molecule has 1 aliphatic rings. The minimum atomic E-state index is -0.0867. The summed E-state index contributed by atoms with van der Waals surface area (Å²) in [6.07, 6.45) is 5.96. The normalized spacial score (nSPS) is 18.4. The molecule has 0 aromatic carbocycles. The van der Waals surface area contributed by atoms with Crippen LogP contribution in [0, 0.1) is 5.92 Å². The molecule has 0 heterocycles. The second-order valence-electron chi connectivity index (χ2n) is 7.28. The van der Waals surface area contributed by atoms with Gasteiger partial charge in [-0.15, -0.1) is 0 Å². The summed E-state index contributed by atoms with van der Waals surface area (Å²) in [5.74, 6) is 0.695. The molecule has 21 heavy (non-hydrogen) atoms. The summed E-state index contributed by atoms with van der Waals surface area (Å²) in [7, 11) is 1.77. The fraction of sp³-hybridized carbons (Fsp3) is 1.00. The largest absolute Gasteiger partial charge is 0.394 e. The van der Waals surface area contributed by atoms with Crippen LogP contribution < -0.4 is 5.32 Å². The Morgan fingerprint density at radius 3 is 2.52 bits per heavy atom. The number of nitrogens with zero attached hydrogens (tertiary/aromatic N) is 1. The van der Waals surface area contributed by atoms with E-state index in [0.29, 0.717) is 12.0 Å². The maximum Gasteiger partial charge on any atom is 0.0610 e. The van der Waals surface area contributed by atoms with Gasteiger partial charge in [0.1, 0.15) is 0 Å². The predicted octanol–water partition coefficient (Wildman–Crippen LogP) is 2.26. The molecule has 0 radical (unpaired) electrons. The maximum atomic E-state index is 9.62. The zero-order valence-corrected chi connectivity index (χ0v) is 14.5. The summed E-state index contributed by atoms with van der Waals surface area (Å²) in [4.78, 5) is 2.50. The first-order valence-electron chi connectivity index (χ1n) is 8.59. The van der Waals surface area contributed by atoms with E-state index >= 15 is 0 Å². The molecule has 0 saturated heterocycles. The van der Waals surface area contributed by atoms with E-state index in [1.54, 1.807) is 7.11 Å². The van der Waals surface area contributed by atoms with Gasteiger partial charge in [-0.2, -0.15) is 0 Å². The van der Waals surface area contributed by atoms with Gasteiger partial charge >= 0.3 is 0 Å². The summed E-state index contributed by atoms with van der Waals surface area (Å²) in [6.45, 7) is 11.0. The number of methoxy groups -OCH3 is 1. The van der Waals surface area contributed by atoms with E-state index in [0.717, 1.165) is 32.7 Å². The standard InChI is InChI=1S/C17H36N2O2/c1-15(2)13-19(11-12-21-4)10-6-5-9-17(3,14-20)18-16-7-8-16/h15-16,18,20H,5-14H2,1-4H3. The minimum absolute atomic E-state index is 0.0867. The van der Waals surface area contributed by atoms with Gasteiger partial charge in [-0.05, 0) is 45.1 Å². The highest BCUT2D eigenvalue weighted by Crippen LogP contribution is 2.24. The second kappa shape index (κ2) is 9.78. The van der Waals surface area contributed by atoms with Gasteiger partial charge in [-0.3, -0.25) is 0 Å². The van der Waals surface area contributed by atoms with Crippen LogP contribution >= 0.6 is 0 Å². The first-order chi connectivity index (χ1) is 9.99. The van der Waals surface area contributed by atoms with Crippen LogP contribution in [0.5, 0.6) is 0 Å². The van der Waals surface area contributed by atoms with Crippen molar-refractivity contribution in [1.29, 1.82) is 0 Å². The molecule has 0 bridgehead atoms. The Morgan fingerprint density at radius 1 is 1.29 bits per heavy atom. The molecule has 1 aliphatic carbocycles. The van der Waals surface area contributed by atoms with Crippen molar-refractivity contribution in [2.24, 2.45) is 5.92 Å². The molecule has 1 fully saturated rings. The SMILES string of the molecule is COCCN(CCCCC(C)(CO)NC1CC1)CC(C)C. The number of nitrogens with one attached hydrogen (secondary N) is 1. The van der Waals surface area contributed by atoms with Crippen molar-refractivity contribution in [3.63, 3.8) is 0 Å². The molecule has 0 aromatic heterocycles. The van der Waals surface area contributed by atoms with Crippen molar-refractivity contribution in [2.45, 2.75) is 64.5 Å². The Hall–Kier alpha value is -0.160. The van der Waals surface area contributed by atoms with Gasteiger partial charge in [-0.1, -0.05) is 20.3 Å². The van der Waals surface area contributed by atoms with Crippen LogP contribution in [0.3, 0.4) is 0 Å². The van der Waals surface area contributed by atoms with E-state index in [9.17, 15) is 5.11 Å². The van der Waals surface area contributed by atoms with Gasteiger partial charge in [0.15, 0.2) is 0 Å². The third-order valence-corrected chi connectivity index (χ3v) is 4.17. The molecule has 1 unspecified atom stereocenters. The molecule has 0 aromatic rings. The van der Waals surface area contributed by atoms with Crippen LogP contribution in [0.15, 0.2) is 0 Å². The van der Waals surface area contributed by atoms with E-state index in [1.165, 1.54) is 25.7 Å². The Kier molecular flexibility index (Phi) is 8.79. The molecule has 0 amide bonds. The molecular formula is C17H36N2O2. The third kappa shape index (κ3) is 8.77. The summed E-state index contributed by atoms with van der Waals surface area (Å²) in [5, 5.41) is 13.2. The van der Waals surface area contributed by atoms with Crippen LogP contribution in [0.1, 0.15) is 52.9 Å². The van der Waals surface area contributed by atoms with Gasteiger partial charge in [0.2, 0.25) is 0 Å². The second-order valence-corrected chi connectivity index (χ2v) is 7.28. The van der Waals surface area contributed by atoms with Crippen molar-refractivity contribution >= 4 is 0 Å². The average molecular weight is 300 g/mol. The maximum absolute atomic E-state index is 9.62. The summed E-state index contributed by atoms with van der Waals surface area (Å²) >= 11 is 0. The lowest BCUT2D eigenvalue weighted by molar-refractivity contribution is 0.134. The van der Waals surface area contributed by atoms with Crippen LogP contribution in [0.2, 0.25) is 0 Å². The Labute approximate surface area is 131 Å². The lowest BCUT2D eigenvalue weighted by atomic mass is 9.95. The van der Waals surface area contributed by atoms with Gasteiger partial charge in [0, 0.05) is 31.8 Å². The van der Waals surface area contributed by atoms with Crippen molar-refractivity contribution in [1.82, 2.24) is 10.2 Å². The molecule has 1 saturated carbocycles. The van der Waals surface area contributed by atoms with Crippen LogP contribution in [-0.2, 0) is 4.74 Å². The predicted molar refractivity (Wildman–Crippen MR) is 88.7 cm³/mol. The zero-order chi connectivity index (χ0) is 15.7. The van der Waals surface area contributed by atoms with Crippen LogP contribution in [0.4, 0.5) is 0 Å². The smallest absolute Gasteiger partial charge is 0.0610 e. The van der Waals surface area contributed by atoms with Crippen molar-refractivity contribution in [2.75, 3.05) is 40.0 Å². The van der Waals surface area contributed by atoms with Gasteiger partial charge < -0.3 is 20.1 Å². The molecule has 1 atom stereocenters. The molecule has 126 valence electrons. The quantitative estimate of drug-likeness (QED) is 0.512. The number of unbranched alkanes of at least 4 members (excludes halogenated alkanes) is 1.